The fourth-order valence-electron chi connectivity index (χ4n) is 4.98. The number of ether oxygens (including phenoxy) is 4. The summed E-state index contributed by atoms with van der Waals surface area (Å²) < 4.78 is 23.1. The Bertz CT molecular complexity index is 1110. The zero-order chi connectivity index (χ0) is 22.1. The van der Waals surface area contributed by atoms with Crippen molar-refractivity contribution in [3.05, 3.63) is 82.4 Å². The molecule has 0 N–H and O–H groups in total. The van der Waals surface area contributed by atoms with Gasteiger partial charge in [0.05, 0.1) is 21.3 Å². The van der Waals surface area contributed by atoms with Gasteiger partial charge in [-0.2, -0.15) is 0 Å². The monoisotopic (exact) mass is 431 g/mol. The maximum Gasteiger partial charge on any atom is 0.166 e. The third kappa shape index (κ3) is 3.67. The first-order chi connectivity index (χ1) is 15.7. The smallest absolute Gasteiger partial charge is 0.166 e. The quantitative estimate of drug-likeness (QED) is 0.553. The van der Waals surface area contributed by atoms with Gasteiger partial charge in [-0.1, -0.05) is 36.4 Å². The van der Waals surface area contributed by atoms with E-state index in [0.717, 1.165) is 54.5 Å². The molecule has 0 saturated heterocycles. The lowest BCUT2D eigenvalue weighted by molar-refractivity contribution is 0.155. The molecule has 2 heterocycles. The van der Waals surface area contributed by atoms with Gasteiger partial charge in [0.2, 0.25) is 0 Å². The summed E-state index contributed by atoms with van der Waals surface area (Å²) in [6.45, 7) is 2.37. The largest absolute Gasteiger partial charge is 0.493 e. The Morgan fingerprint density at radius 1 is 0.844 bits per heavy atom. The molecule has 3 aromatic carbocycles. The summed E-state index contributed by atoms with van der Waals surface area (Å²) in [5, 5.41) is 0. The fraction of sp³-hybridized carbons (Fsp3) is 0.333. The normalized spacial score (nSPS) is 17.0. The first-order valence-corrected chi connectivity index (χ1v) is 11.1. The molecule has 5 rings (SSSR count). The minimum absolute atomic E-state index is 0.321. The summed E-state index contributed by atoms with van der Waals surface area (Å²) in [5.41, 5.74) is 6.38. The Morgan fingerprint density at radius 3 is 2.34 bits per heavy atom. The van der Waals surface area contributed by atoms with Crippen molar-refractivity contribution in [3.63, 3.8) is 0 Å². The van der Waals surface area contributed by atoms with Gasteiger partial charge in [0, 0.05) is 24.7 Å². The van der Waals surface area contributed by atoms with E-state index in [9.17, 15) is 0 Å². The maximum atomic E-state index is 6.34. The Kier molecular flexibility index (Phi) is 5.66. The van der Waals surface area contributed by atoms with Gasteiger partial charge in [0.25, 0.3) is 0 Å². The number of fused-ring (bicyclic) bond motifs is 4. The lowest BCUT2D eigenvalue weighted by atomic mass is 9.83. The SMILES string of the molecule is COc1cc2c(cc1OC)C1Cc3ccc(OC)c(OCc4ccccc4)c3CN1CC2. The van der Waals surface area contributed by atoms with Gasteiger partial charge in [-0.25, -0.2) is 0 Å². The van der Waals surface area contributed by atoms with E-state index in [1.807, 2.05) is 24.3 Å². The summed E-state index contributed by atoms with van der Waals surface area (Å²) in [5.74, 6) is 3.25. The van der Waals surface area contributed by atoms with Crippen molar-refractivity contribution in [2.75, 3.05) is 27.9 Å². The minimum Gasteiger partial charge on any atom is -0.493 e. The Morgan fingerprint density at radius 2 is 1.59 bits per heavy atom. The van der Waals surface area contributed by atoms with Crippen LogP contribution in [-0.2, 0) is 26.0 Å². The van der Waals surface area contributed by atoms with Crippen molar-refractivity contribution >= 4 is 0 Å². The zero-order valence-electron chi connectivity index (χ0n) is 18.9. The van der Waals surface area contributed by atoms with E-state index in [1.54, 1.807) is 21.3 Å². The molecule has 2 aliphatic heterocycles. The molecule has 0 aliphatic carbocycles. The van der Waals surface area contributed by atoms with E-state index >= 15 is 0 Å². The lowest BCUT2D eigenvalue weighted by Crippen LogP contribution is -2.39. The zero-order valence-corrected chi connectivity index (χ0v) is 18.9. The number of benzene rings is 3. The van der Waals surface area contributed by atoms with Gasteiger partial charge in [-0.15, -0.1) is 0 Å². The predicted molar refractivity (Wildman–Crippen MR) is 124 cm³/mol. The molecule has 2 aliphatic rings. The lowest BCUT2D eigenvalue weighted by Gasteiger charge is -2.42. The van der Waals surface area contributed by atoms with Gasteiger partial charge < -0.3 is 18.9 Å². The summed E-state index contributed by atoms with van der Waals surface area (Å²) >= 11 is 0. The number of nitrogens with zero attached hydrogens (tertiary/aromatic N) is 1. The van der Waals surface area contributed by atoms with Gasteiger partial charge in [-0.05, 0) is 53.3 Å². The second kappa shape index (κ2) is 8.75. The molecule has 0 saturated carbocycles. The van der Waals surface area contributed by atoms with Crippen molar-refractivity contribution in [1.29, 1.82) is 0 Å². The van der Waals surface area contributed by atoms with E-state index < -0.39 is 0 Å². The van der Waals surface area contributed by atoms with Crippen LogP contribution in [0.2, 0.25) is 0 Å². The van der Waals surface area contributed by atoms with E-state index in [1.165, 1.54) is 22.3 Å². The van der Waals surface area contributed by atoms with Crippen molar-refractivity contribution in [2.45, 2.75) is 32.0 Å². The van der Waals surface area contributed by atoms with Crippen LogP contribution in [0, 0.1) is 0 Å². The van der Waals surface area contributed by atoms with Crippen LogP contribution in [0.1, 0.15) is 33.9 Å². The van der Waals surface area contributed by atoms with Gasteiger partial charge in [0.15, 0.2) is 23.0 Å². The highest BCUT2D eigenvalue weighted by molar-refractivity contribution is 5.55. The first-order valence-electron chi connectivity index (χ1n) is 11.1. The van der Waals surface area contributed by atoms with E-state index in [0.29, 0.717) is 12.6 Å². The average Bonchev–Trinajstić information content (AvgIpc) is 2.85. The van der Waals surface area contributed by atoms with Crippen molar-refractivity contribution in [1.82, 2.24) is 4.90 Å². The number of methoxy groups -OCH3 is 3. The van der Waals surface area contributed by atoms with Crippen LogP contribution in [0.25, 0.3) is 0 Å². The number of hydrogen-bond donors (Lipinski definition) is 0. The highest BCUT2D eigenvalue weighted by atomic mass is 16.5. The standard InChI is InChI=1S/C27H29NO4/c1-29-24-10-9-19-13-23-21-15-26(31-3)25(30-2)14-20(21)11-12-28(23)16-22(19)27(24)32-17-18-7-5-4-6-8-18/h4-10,14-15,23H,11-13,16-17H2,1-3H3. The van der Waals surface area contributed by atoms with Crippen LogP contribution in [0.4, 0.5) is 0 Å². The molecule has 1 unspecified atom stereocenters. The summed E-state index contributed by atoms with van der Waals surface area (Å²) in [4.78, 5) is 2.55. The highest BCUT2D eigenvalue weighted by Crippen LogP contribution is 2.46. The van der Waals surface area contributed by atoms with Crippen LogP contribution < -0.4 is 18.9 Å². The Labute approximate surface area is 189 Å². The molecular weight excluding hydrogens is 402 g/mol. The van der Waals surface area contributed by atoms with E-state index in [2.05, 4.69) is 35.2 Å². The first kappa shape index (κ1) is 20.7. The predicted octanol–water partition coefficient (Wildman–Crippen LogP) is 4.95. The molecular formula is C27H29NO4. The topological polar surface area (TPSA) is 40.2 Å². The summed E-state index contributed by atoms with van der Waals surface area (Å²) in [7, 11) is 5.10. The van der Waals surface area contributed by atoms with Gasteiger partial charge in [-0.3, -0.25) is 4.90 Å². The second-order valence-electron chi connectivity index (χ2n) is 8.36. The fourth-order valence-corrected chi connectivity index (χ4v) is 4.98. The molecule has 0 aromatic heterocycles. The van der Waals surface area contributed by atoms with Crippen LogP contribution in [-0.4, -0.2) is 32.8 Å². The van der Waals surface area contributed by atoms with Crippen LogP contribution in [0.3, 0.4) is 0 Å². The van der Waals surface area contributed by atoms with Crippen LogP contribution in [0.15, 0.2) is 54.6 Å². The summed E-state index contributed by atoms with van der Waals surface area (Å²) in [6.07, 6.45) is 1.93. The van der Waals surface area contributed by atoms with Crippen molar-refractivity contribution in [2.24, 2.45) is 0 Å². The number of hydrogen-bond acceptors (Lipinski definition) is 5. The molecule has 0 radical (unpaired) electrons. The second-order valence-corrected chi connectivity index (χ2v) is 8.36. The third-order valence-electron chi connectivity index (χ3n) is 6.66. The van der Waals surface area contributed by atoms with Gasteiger partial charge in [0.1, 0.15) is 6.61 Å². The molecule has 32 heavy (non-hydrogen) atoms. The Hall–Kier alpha value is -3.18. The van der Waals surface area contributed by atoms with Crippen LogP contribution in [0.5, 0.6) is 23.0 Å². The average molecular weight is 432 g/mol. The van der Waals surface area contributed by atoms with E-state index in [-0.39, 0.29) is 0 Å². The highest BCUT2D eigenvalue weighted by Gasteiger charge is 2.35. The Balaban J connectivity index is 1.48. The molecule has 5 heteroatoms. The molecule has 3 aromatic rings. The third-order valence-corrected chi connectivity index (χ3v) is 6.66. The summed E-state index contributed by atoms with van der Waals surface area (Å²) in [6, 6.07) is 19.1. The molecule has 0 spiro atoms. The molecule has 0 amide bonds. The van der Waals surface area contributed by atoms with E-state index in [4.69, 9.17) is 18.9 Å². The molecule has 0 fully saturated rings. The molecule has 5 nitrogen and oxygen atoms in total. The molecule has 0 bridgehead atoms. The minimum atomic E-state index is 0.321. The van der Waals surface area contributed by atoms with Crippen LogP contribution >= 0.6 is 0 Å². The maximum absolute atomic E-state index is 6.34. The van der Waals surface area contributed by atoms with Gasteiger partial charge >= 0.3 is 0 Å². The molecule has 1 atom stereocenters. The molecule has 166 valence electrons. The number of rotatable bonds is 6. The van der Waals surface area contributed by atoms with Crippen molar-refractivity contribution in [3.8, 4) is 23.0 Å². The van der Waals surface area contributed by atoms with Crippen molar-refractivity contribution < 1.29 is 18.9 Å².